The number of hydrogen-bond acceptors (Lipinski definition) is 2. The molecule has 0 saturated carbocycles. The van der Waals surface area contributed by atoms with E-state index in [1.165, 1.54) is 16.7 Å². The van der Waals surface area contributed by atoms with Crippen LogP contribution in [0, 0.1) is 6.92 Å². The van der Waals surface area contributed by atoms with E-state index >= 15 is 0 Å². The van der Waals surface area contributed by atoms with Crippen LogP contribution in [0.3, 0.4) is 0 Å². The van der Waals surface area contributed by atoms with E-state index in [1.54, 1.807) is 0 Å². The van der Waals surface area contributed by atoms with Gasteiger partial charge in [0, 0.05) is 5.92 Å². The van der Waals surface area contributed by atoms with Gasteiger partial charge in [-0.15, -0.1) is 0 Å². The van der Waals surface area contributed by atoms with Gasteiger partial charge in [0.25, 0.3) is 0 Å². The molecular weight excluding hydrogens is 246 g/mol. The molecule has 2 N–H and O–H groups in total. The van der Waals surface area contributed by atoms with Gasteiger partial charge in [0.15, 0.2) is 0 Å². The Morgan fingerprint density at radius 1 is 1.10 bits per heavy atom. The van der Waals surface area contributed by atoms with Crippen molar-refractivity contribution in [3.63, 3.8) is 0 Å². The number of benzene rings is 2. The minimum absolute atomic E-state index is 0.330. The fourth-order valence-corrected chi connectivity index (χ4v) is 2.47. The van der Waals surface area contributed by atoms with Crippen LogP contribution in [0.1, 0.15) is 29.5 Å². The SMILES string of the molecule is CCOc1cccc(C(CN)Cc2ccccc2C)c1. The Labute approximate surface area is 121 Å². The van der Waals surface area contributed by atoms with Crippen LogP contribution in [-0.2, 0) is 6.42 Å². The molecule has 0 fully saturated rings. The van der Waals surface area contributed by atoms with Gasteiger partial charge in [-0.05, 0) is 55.6 Å². The Balaban J connectivity index is 2.20. The molecule has 1 atom stereocenters. The lowest BCUT2D eigenvalue weighted by Gasteiger charge is -2.17. The summed E-state index contributed by atoms with van der Waals surface area (Å²) in [6.07, 6.45) is 0.971. The first-order valence-electron chi connectivity index (χ1n) is 7.22. The van der Waals surface area contributed by atoms with Crippen LogP contribution in [0.2, 0.25) is 0 Å². The van der Waals surface area contributed by atoms with Crippen LogP contribution in [-0.4, -0.2) is 13.2 Å². The van der Waals surface area contributed by atoms with E-state index in [1.807, 2.05) is 19.1 Å². The molecule has 0 heterocycles. The van der Waals surface area contributed by atoms with Gasteiger partial charge in [-0.2, -0.15) is 0 Å². The predicted molar refractivity (Wildman–Crippen MR) is 84.3 cm³/mol. The lowest BCUT2D eigenvalue weighted by molar-refractivity contribution is 0.339. The molecule has 20 heavy (non-hydrogen) atoms. The summed E-state index contributed by atoms with van der Waals surface area (Å²) in [4.78, 5) is 0. The molecule has 2 aromatic rings. The molecule has 2 aromatic carbocycles. The smallest absolute Gasteiger partial charge is 0.119 e. The molecule has 0 aliphatic rings. The maximum Gasteiger partial charge on any atom is 0.119 e. The Bertz CT molecular complexity index is 551. The van der Waals surface area contributed by atoms with E-state index in [0.29, 0.717) is 19.1 Å². The van der Waals surface area contributed by atoms with Crippen LogP contribution in [0.15, 0.2) is 48.5 Å². The summed E-state index contributed by atoms with van der Waals surface area (Å²) in [5.74, 6) is 1.25. The maximum absolute atomic E-state index is 5.99. The molecule has 106 valence electrons. The van der Waals surface area contributed by atoms with Crippen molar-refractivity contribution in [3.8, 4) is 5.75 Å². The number of aryl methyl sites for hydroxylation is 1. The third kappa shape index (κ3) is 3.61. The Hall–Kier alpha value is -1.80. The molecule has 2 nitrogen and oxygen atoms in total. The minimum atomic E-state index is 0.330. The average molecular weight is 269 g/mol. The van der Waals surface area contributed by atoms with Crippen LogP contribution >= 0.6 is 0 Å². The molecule has 0 aliphatic carbocycles. The highest BCUT2D eigenvalue weighted by molar-refractivity contribution is 5.34. The van der Waals surface area contributed by atoms with Gasteiger partial charge in [-0.1, -0.05) is 36.4 Å². The van der Waals surface area contributed by atoms with Crippen LogP contribution in [0.5, 0.6) is 5.75 Å². The molecule has 0 radical (unpaired) electrons. The first-order chi connectivity index (χ1) is 9.74. The molecule has 1 unspecified atom stereocenters. The molecule has 0 amide bonds. The number of rotatable bonds is 6. The highest BCUT2D eigenvalue weighted by Crippen LogP contribution is 2.25. The highest BCUT2D eigenvalue weighted by atomic mass is 16.5. The van der Waals surface area contributed by atoms with Gasteiger partial charge in [-0.3, -0.25) is 0 Å². The van der Waals surface area contributed by atoms with Crippen molar-refractivity contribution >= 4 is 0 Å². The van der Waals surface area contributed by atoms with Crippen molar-refractivity contribution < 1.29 is 4.74 Å². The molecule has 2 heteroatoms. The quantitative estimate of drug-likeness (QED) is 0.868. The Morgan fingerprint density at radius 3 is 2.60 bits per heavy atom. The van der Waals surface area contributed by atoms with Crippen molar-refractivity contribution in [2.45, 2.75) is 26.2 Å². The molecule has 2 rings (SSSR count). The monoisotopic (exact) mass is 269 g/mol. The van der Waals surface area contributed by atoms with Gasteiger partial charge < -0.3 is 10.5 Å². The molecule has 0 aromatic heterocycles. The summed E-state index contributed by atoms with van der Waals surface area (Å²) in [6, 6.07) is 16.8. The lowest BCUT2D eigenvalue weighted by Crippen LogP contribution is -2.15. The fourth-order valence-electron chi connectivity index (χ4n) is 2.47. The second-order valence-corrected chi connectivity index (χ2v) is 5.07. The molecule has 0 saturated heterocycles. The highest BCUT2D eigenvalue weighted by Gasteiger charge is 2.12. The largest absolute Gasteiger partial charge is 0.494 e. The van der Waals surface area contributed by atoms with E-state index in [-0.39, 0.29) is 0 Å². The van der Waals surface area contributed by atoms with Crippen molar-refractivity contribution in [1.82, 2.24) is 0 Å². The minimum Gasteiger partial charge on any atom is -0.494 e. The number of hydrogen-bond donors (Lipinski definition) is 1. The summed E-state index contributed by atoms with van der Waals surface area (Å²) < 4.78 is 5.57. The summed E-state index contributed by atoms with van der Waals surface area (Å²) in [6.45, 7) is 5.48. The second-order valence-electron chi connectivity index (χ2n) is 5.07. The third-order valence-electron chi connectivity index (χ3n) is 3.65. The van der Waals surface area contributed by atoms with Gasteiger partial charge in [0.1, 0.15) is 5.75 Å². The van der Waals surface area contributed by atoms with Crippen LogP contribution in [0.4, 0.5) is 0 Å². The summed E-state index contributed by atoms with van der Waals surface area (Å²) in [5, 5.41) is 0. The van der Waals surface area contributed by atoms with E-state index in [9.17, 15) is 0 Å². The first-order valence-corrected chi connectivity index (χ1v) is 7.22. The van der Waals surface area contributed by atoms with Crippen molar-refractivity contribution in [3.05, 3.63) is 65.2 Å². The maximum atomic E-state index is 5.99. The van der Waals surface area contributed by atoms with Crippen LogP contribution in [0.25, 0.3) is 0 Å². The zero-order valence-corrected chi connectivity index (χ0v) is 12.3. The zero-order valence-electron chi connectivity index (χ0n) is 12.3. The summed E-state index contributed by atoms with van der Waals surface area (Å²) in [7, 11) is 0. The molecule has 0 spiro atoms. The van der Waals surface area contributed by atoms with Gasteiger partial charge in [-0.25, -0.2) is 0 Å². The normalized spacial score (nSPS) is 12.2. The van der Waals surface area contributed by atoms with E-state index in [2.05, 4.69) is 43.3 Å². The van der Waals surface area contributed by atoms with Crippen LogP contribution < -0.4 is 10.5 Å². The Kier molecular flexibility index (Phi) is 5.19. The van der Waals surface area contributed by atoms with Gasteiger partial charge in [0.05, 0.1) is 6.61 Å². The topological polar surface area (TPSA) is 35.2 Å². The van der Waals surface area contributed by atoms with E-state index < -0.39 is 0 Å². The Morgan fingerprint density at radius 2 is 1.90 bits per heavy atom. The first kappa shape index (κ1) is 14.6. The van der Waals surface area contributed by atoms with Crippen molar-refractivity contribution in [2.24, 2.45) is 5.73 Å². The third-order valence-corrected chi connectivity index (χ3v) is 3.65. The molecular formula is C18H23NO. The number of nitrogens with two attached hydrogens (primary N) is 1. The second kappa shape index (κ2) is 7.11. The number of ether oxygens (including phenoxy) is 1. The lowest BCUT2D eigenvalue weighted by atomic mass is 9.90. The standard InChI is InChI=1S/C18H23NO/c1-3-20-18-10-6-9-16(12-18)17(13-19)11-15-8-5-4-7-14(15)2/h4-10,12,17H,3,11,13,19H2,1-2H3. The fraction of sp³-hybridized carbons (Fsp3) is 0.333. The van der Waals surface area contributed by atoms with Crippen molar-refractivity contribution in [2.75, 3.05) is 13.2 Å². The molecule has 0 bridgehead atoms. The predicted octanol–water partition coefficient (Wildman–Crippen LogP) is 3.68. The summed E-state index contributed by atoms with van der Waals surface area (Å²) >= 11 is 0. The zero-order chi connectivity index (χ0) is 14.4. The van der Waals surface area contributed by atoms with Crippen molar-refractivity contribution in [1.29, 1.82) is 0 Å². The van der Waals surface area contributed by atoms with E-state index in [4.69, 9.17) is 10.5 Å². The average Bonchev–Trinajstić information content (AvgIpc) is 2.47. The van der Waals surface area contributed by atoms with Gasteiger partial charge in [0.2, 0.25) is 0 Å². The van der Waals surface area contributed by atoms with E-state index in [0.717, 1.165) is 12.2 Å². The summed E-state index contributed by atoms with van der Waals surface area (Å²) in [5.41, 5.74) is 9.93. The van der Waals surface area contributed by atoms with Gasteiger partial charge >= 0.3 is 0 Å². The molecule has 0 aliphatic heterocycles.